The highest BCUT2D eigenvalue weighted by atomic mass is 32.1. The van der Waals surface area contributed by atoms with Crippen molar-refractivity contribution < 1.29 is 9.90 Å². The molecule has 0 saturated carbocycles. The van der Waals surface area contributed by atoms with E-state index in [0.717, 1.165) is 19.4 Å². The zero-order chi connectivity index (χ0) is 14.1. The number of hydrogen-bond acceptors (Lipinski definition) is 4. The molecule has 1 aliphatic rings. The van der Waals surface area contributed by atoms with E-state index in [1.165, 1.54) is 4.88 Å². The number of thiophene rings is 1. The van der Waals surface area contributed by atoms with Gasteiger partial charge >= 0.3 is 0 Å². The number of para-hydroxylation sites is 1. The fraction of sp³-hybridized carbons (Fsp3) is 0.267. The summed E-state index contributed by atoms with van der Waals surface area (Å²) in [6, 6.07) is 9.07. The summed E-state index contributed by atoms with van der Waals surface area (Å²) in [5.74, 6) is -0.264. The maximum atomic E-state index is 12.6. The number of phenols is 1. The molecule has 3 N–H and O–H groups in total. The Morgan fingerprint density at radius 3 is 2.95 bits per heavy atom. The van der Waals surface area contributed by atoms with Gasteiger partial charge in [0, 0.05) is 11.4 Å². The number of carbonyl (C=O) groups is 1. The normalized spacial score (nSPS) is 18.4. The third kappa shape index (κ3) is 2.14. The van der Waals surface area contributed by atoms with Gasteiger partial charge in [0.2, 0.25) is 0 Å². The monoisotopic (exact) mass is 288 g/mol. The lowest BCUT2D eigenvalue weighted by Gasteiger charge is -2.24. The lowest BCUT2D eigenvalue weighted by Crippen LogP contribution is -2.30. The van der Waals surface area contributed by atoms with Crippen LogP contribution in [0.25, 0.3) is 0 Å². The Morgan fingerprint density at radius 2 is 2.20 bits per heavy atom. The summed E-state index contributed by atoms with van der Waals surface area (Å²) in [5.41, 5.74) is 6.19. The topological polar surface area (TPSA) is 66.6 Å². The molecule has 1 amide bonds. The van der Waals surface area contributed by atoms with Gasteiger partial charge in [-0.2, -0.15) is 0 Å². The minimum absolute atomic E-state index is 0.114. The van der Waals surface area contributed by atoms with Crippen molar-refractivity contribution >= 4 is 22.9 Å². The van der Waals surface area contributed by atoms with Gasteiger partial charge in [-0.1, -0.05) is 12.1 Å². The predicted molar refractivity (Wildman–Crippen MR) is 79.8 cm³/mol. The summed E-state index contributed by atoms with van der Waals surface area (Å²) in [5, 5.41) is 12.0. The van der Waals surface area contributed by atoms with E-state index in [-0.39, 0.29) is 28.9 Å². The zero-order valence-corrected chi connectivity index (χ0v) is 11.8. The predicted octanol–water partition coefficient (Wildman–Crippen LogP) is 3.01. The van der Waals surface area contributed by atoms with Crippen LogP contribution in [0.2, 0.25) is 0 Å². The first kappa shape index (κ1) is 13.0. The molecule has 1 aromatic heterocycles. The summed E-state index contributed by atoms with van der Waals surface area (Å²) >= 11 is 1.66. The molecule has 0 spiro atoms. The van der Waals surface area contributed by atoms with Gasteiger partial charge in [-0.05, 0) is 36.4 Å². The summed E-state index contributed by atoms with van der Waals surface area (Å²) in [6.07, 6.45) is 1.95. The molecule has 2 aromatic rings. The minimum Gasteiger partial charge on any atom is -0.505 e. The first-order valence-electron chi connectivity index (χ1n) is 6.60. The highest BCUT2D eigenvalue weighted by Gasteiger charge is 2.32. The second-order valence-electron chi connectivity index (χ2n) is 4.92. The molecule has 1 unspecified atom stereocenters. The molecule has 104 valence electrons. The van der Waals surface area contributed by atoms with Gasteiger partial charge in [0.25, 0.3) is 5.91 Å². The lowest BCUT2D eigenvalue weighted by molar-refractivity contribution is 0.0735. The van der Waals surface area contributed by atoms with Gasteiger partial charge in [0.05, 0.1) is 17.3 Å². The molecule has 3 rings (SSSR count). The molecular formula is C15H16N2O2S. The van der Waals surface area contributed by atoms with E-state index in [4.69, 9.17) is 5.73 Å². The van der Waals surface area contributed by atoms with Gasteiger partial charge in [0.1, 0.15) is 0 Å². The zero-order valence-electron chi connectivity index (χ0n) is 11.0. The van der Waals surface area contributed by atoms with E-state index in [2.05, 4.69) is 6.07 Å². The molecule has 0 aliphatic carbocycles. The van der Waals surface area contributed by atoms with E-state index < -0.39 is 0 Å². The maximum absolute atomic E-state index is 12.6. The Bertz CT molecular complexity index is 625. The van der Waals surface area contributed by atoms with Crippen molar-refractivity contribution in [2.45, 2.75) is 18.9 Å². The smallest absolute Gasteiger partial charge is 0.258 e. The quantitative estimate of drug-likeness (QED) is 0.659. The maximum Gasteiger partial charge on any atom is 0.258 e. The van der Waals surface area contributed by atoms with Crippen molar-refractivity contribution in [2.75, 3.05) is 12.3 Å². The molecule has 20 heavy (non-hydrogen) atoms. The van der Waals surface area contributed by atoms with Crippen molar-refractivity contribution in [1.82, 2.24) is 4.90 Å². The van der Waals surface area contributed by atoms with E-state index >= 15 is 0 Å². The number of phenolic OH excluding ortho intramolecular Hbond substituents is 1. The molecule has 1 aromatic carbocycles. The molecule has 1 fully saturated rings. The third-order valence-corrected chi connectivity index (χ3v) is 4.66. The summed E-state index contributed by atoms with van der Waals surface area (Å²) in [6.45, 7) is 0.718. The molecule has 0 bridgehead atoms. The summed E-state index contributed by atoms with van der Waals surface area (Å²) in [4.78, 5) is 15.7. The standard InChI is InChI=1S/C15H16N2O2S/c16-11-5-1-4-10(14(11)18)15(19)17-8-2-6-12(17)13-7-3-9-20-13/h1,3-5,7,9,12,18H,2,6,8,16H2. The number of benzene rings is 1. The fourth-order valence-electron chi connectivity index (χ4n) is 2.68. The van der Waals surface area contributed by atoms with E-state index in [0.29, 0.717) is 0 Å². The number of hydrogen-bond donors (Lipinski definition) is 2. The number of amides is 1. The Kier molecular flexibility index (Phi) is 3.36. The molecule has 2 heterocycles. The minimum atomic E-state index is -0.147. The van der Waals surface area contributed by atoms with Crippen LogP contribution in [-0.2, 0) is 0 Å². The van der Waals surface area contributed by atoms with Crippen LogP contribution < -0.4 is 5.73 Å². The first-order chi connectivity index (χ1) is 9.68. The second-order valence-corrected chi connectivity index (χ2v) is 5.89. The number of anilines is 1. The van der Waals surface area contributed by atoms with Crippen molar-refractivity contribution in [3.8, 4) is 5.75 Å². The molecule has 0 radical (unpaired) electrons. The Balaban J connectivity index is 1.92. The van der Waals surface area contributed by atoms with Crippen LogP contribution in [0.5, 0.6) is 5.75 Å². The van der Waals surface area contributed by atoms with Crippen LogP contribution in [0.15, 0.2) is 35.7 Å². The van der Waals surface area contributed by atoms with Crippen molar-refractivity contribution in [3.05, 3.63) is 46.2 Å². The highest BCUT2D eigenvalue weighted by molar-refractivity contribution is 7.10. The summed E-state index contributed by atoms with van der Waals surface area (Å²) in [7, 11) is 0. The number of nitrogens with zero attached hydrogens (tertiary/aromatic N) is 1. The molecule has 5 heteroatoms. The largest absolute Gasteiger partial charge is 0.505 e. The van der Waals surface area contributed by atoms with E-state index in [1.807, 2.05) is 16.3 Å². The van der Waals surface area contributed by atoms with Gasteiger partial charge in [-0.3, -0.25) is 4.79 Å². The molecule has 1 atom stereocenters. The van der Waals surface area contributed by atoms with Gasteiger partial charge < -0.3 is 15.7 Å². The average Bonchev–Trinajstić information content (AvgIpc) is 3.10. The van der Waals surface area contributed by atoms with E-state index in [1.54, 1.807) is 29.5 Å². The number of nitrogen functional groups attached to an aromatic ring is 1. The molecule has 4 nitrogen and oxygen atoms in total. The first-order valence-corrected chi connectivity index (χ1v) is 7.48. The van der Waals surface area contributed by atoms with E-state index in [9.17, 15) is 9.90 Å². The van der Waals surface area contributed by atoms with Crippen molar-refractivity contribution in [3.63, 3.8) is 0 Å². The van der Waals surface area contributed by atoms with Gasteiger partial charge in [0.15, 0.2) is 5.75 Å². The van der Waals surface area contributed by atoms with Crippen LogP contribution in [0.4, 0.5) is 5.69 Å². The number of nitrogens with two attached hydrogens (primary N) is 1. The Morgan fingerprint density at radius 1 is 1.35 bits per heavy atom. The van der Waals surface area contributed by atoms with Crippen LogP contribution >= 0.6 is 11.3 Å². The number of aromatic hydroxyl groups is 1. The molecule has 1 aliphatic heterocycles. The number of carbonyl (C=O) groups excluding carboxylic acids is 1. The number of rotatable bonds is 2. The summed E-state index contributed by atoms with van der Waals surface area (Å²) < 4.78 is 0. The Hall–Kier alpha value is -2.01. The Labute approximate surface area is 121 Å². The van der Waals surface area contributed by atoms with Crippen LogP contribution in [-0.4, -0.2) is 22.5 Å². The van der Waals surface area contributed by atoms with Crippen LogP contribution in [0.1, 0.15) is 34.1 Å². The van der Waals surface area contributed by atoms with Crippen LogP contribution in [0, 0.1) is 0 Å². The average molecular weight is 288 g/mol. The van der Waals surface area contributed by atoms with Crippen molar-refractivity contribution in [1.29, 1.82) is 0 Å². The van der Waals surface area contributed by atoms with Crippen LogP contribution in [0.3, 0.4) is 0 Å². The van der Waals surface area contributed by atoms with Gasteiger partial charge in [-0.15, -0.1) is 11.3 Å². The fourth-order valence-corrected chi connectivity index (χ4v) is 3.55. The third-order valence-electron chi connectivity index (χ3n) is 3.68. The number of likely N-dealkylation sites (tertiary alicyclic amines) is 1. The second kappa shape index (κ2) is 5.17. The van der Waals surface area contributed by atoms with Crippen molar-refractivity contribution in [2.24, 2.45) is 0 Å². The van der Waals surface area contributed by atoms with Gasteiger partial charge in [-0.25, -0.2) is 0 Å². The molecular weight excluding hydrogens is 272 g/mol. The lowest BCUT2D eigenvalue weighted by atomic mass is 10.1. The molecule has 1 saturated heterocycles. The SMILES string of the molecule is Nc1cccc(C(=O)N2CCCC2c2cccs2)c1O. The highest BCUT2D eigenvalue weighted by Crippen LogP contribution is 2.37.